The van der Waals surface area contributed by atoms with E-state index in [2.05, 4.69) is 19.6 Å². The van der Waals surface area contributed by atoms with Gasteiger partial charge in [0, 0.05) is 29.4 Å². The van der Waals surface area contributed by atoms with Crippen molar-refractivity contribution in [3.8, 4) is 0 Å². The van der Waals surface area contributed by atoms with E-state index in [1.54, 1.807) is 13.0 Å². The number of hydrogen-bond acceptors (Lipinski definition) is 7. The molecule has 37 heavy (non-hydrogen) atoms. The van der Waals surface area contributed by atoms with E-state index in [0.717, 1.165) is 0 Å². The average Bonchev–Trinajstić information content (AvgIpc) is 3.09. The first-order valence-electron chi connectivity index (χ1n) is 13.6. The third-order valence-electron chi connectivity index (χ3n) is 10.1. The number of esters is 2. The zero-order chi connectivity index (χ0) is 26.9. The summed E-state index contributed by atoms with van der Waals surface area (Å²) in [6.45, 7) is 11.0. The number of rotatable bonds is 4. The summed E-state index contributed by atoms with van der Waals surface area (Å²) in [5.74, 6) is -1.80. The highest BCUT2D eigenvalue weighted by atomic mass is 16.6. The van der Waals surface area contributed by atoms with Crippen LogP contribution < -0.4 is 0 Å². The molecular weight excluding hydrogens is 472 g/mol. The number of allylic oxidation sites excluding steroid dienone is 2. The summed E-state index contributed by atoms with van der Waals surface area (Å²) in [6, 6.07) is 0. The molecule has 1 unspecified atom stereocenters. The molecule has 3 fully saturated rings. The number of fused-ring (bicyclic) bond motifs is 4. The van der Waals surface area contributed by atoms with E-state index < -0.39 is 11.0 Å². The van der Waals surface area contributed by atoms with Gasteiger partial charge in [-0.1, -0.05) is 32.1 Å². The lowest BCUT2D eigenvalue weighted by atomic mass is 9.54. The SMILES string of the molecule is C=C1C(=O)O[C@@H]2C[C@H](C)[C@@]3(O)C=C(C(C)=O)[C@]4(CC3C[C@H]12)C(=O)O[C@H]1C[C@@H](C)C(CCC(C)=O)=CC[C@H]14. The van der Waals surface area contributed by atoms with Gasteiger partial charge in [-0.2, -0.15) is 0 Å². The number of hydrogen-bond donors (Lipinski definition) is 1. The van der Waals surface area contributed by atoms with E-state index in [9.17, 15) is 24.3 Å². The lowest BCUT2D eigenvalue weighted by molar-refractivity contribution is -0.151. The largest absolute Gasteiger partial charge is 0.461 e. The van der Waals surface area contributed by atoms with Crippen LogP contribution in [-0.2, 0) is 28.7 Å². The van der Waals surface area contributed by atoms with Crippen molar-refractivity contribution >= 4 is 23.5 Å². The van der Waals surface area contributed by atoms with E-state index in [1.807, 2.05) is 6.92 Å². The maximum absolute atomic E-state index is 13.8. The standard InChI is InChI=1S/C30H38O7/c1-15-10-26-23(9-8-20(15)7-6-17(3)31)29(28(34)37-26)13-21-12-22-18(4)27(33)36-25(22)11-16(2)30(21,35)14-24(29)19(5)32/h8,14-16,21-23,25-26,35H,4,6-7,9-13H2,1-3,5H3/t15-,16+,21?,22-,23-,25-,26+,29-,30+/m1/s1. The molecule has 7 nitrogen and oxygen atoms in total. The minimum absolute atomic E-state index is 0.144. The molecule has 1 N–H and O–H groups in total. The summed E-state index contributed by atoms with van der Waals surface area (Å²) in [5.41, 5.74) is -0.483. The highest BCUT2D eigenvalue weighted by Gasteiger charge is 2.66. The second kappa shape index (κ2) is 9.04. The number of carbonyl (C=O) groups excluding carboxylic acids is 4. The lowest BCUT2D eigenvalue weighted by Crippen LogP contribution is -2.53. The molecule has 5 aliphatic rings. The molecule has 1 spiro atoms. The van der Waals surface area contributed by atoms with Crippen molar-refractivity contribution in [2.45, 2.75) is 90.4 Å². The third kappa shape index (κ3) is 3.96. The number of Topliss-reactive ketones (excluding diaryl/α,β-unsaturated/α-hetero) is 2. The van der Waals surface area contributed by atoms with Crippen molar-refractivity contribution < 1.29 is 33.8 Å². The van der Waals surface area contributed by atoms with Gasteiger partial charge in [-0.05, 0) is 76.2 Å². The Balaban J connectivity index is 1.57. The summed E-state index contributed by atoms with van der Waals surface area (Å²) in [6.07, 6.45) is 6.70. The van der Waals surface area contributed by atoms with Gasteiger partial charge in [0.2, 0.25) is 0 Å². The molecule has 0 aromatic carbocycles. The fraction of sp³-hybridized carbons (Fsp3) is 0.667. The fourth-order valence-corrected chi connectivity index (χ4v) is 7.95. The molecule has 1 saturated carbocycles. The smallest absolute Gasteiger partial charge is 0.334 e. The zero-order valence-corrected chi connectivity index (χ0v) is 22.2. The summed E-state index contributed by atoms with van der Waals surface area (Å²) in [7, 11) is 0. The van der Waals surface area contributed by atoms with Gasteiger partial charge >= 0.3 is 11.9 Å². The van der Waals surface area contributed by atoms with Crippen LogP contribution in [0.5, 0.6) is 0 Å². The lowest BCUT2D eigenvalue weighted by Gasteiger charge is -2.48. The van der Waals surface area contributed by atoms with Crippen molar-refractivity contribution in [1.82, 2.24) is 0 Å². The summed E-state index contributed by atoms with van der Waals surface area (Å²) >= 11 is 0. The van der Waals surface area contributed by atoms with Gasteiger partial charge in [0.15, 0.2) is 5.78 Å². The van der Waals surface area contributed by atoms with Gasteiger partial charge in [0.25, 0.3) is 0 Å². The van der Waals surface area contributed by atoms with Crippen LogP contribution in [0.3, 0.4) is 0 Å². The summed E-state index contributed by atoms with van der Waals surface area (Å²) in [4.78, 5) is 50.8. The van der Waals surface area contributed by atoms with Gasteiger partial charge < -0.3 is 19.4 Å². The van der Waals surface area contributed by atoms with Crippen LogP contribution >= 0.6 is 0 Å². The first kappa shape index (κ1) is 26.1. The van der Waals surface area contributed by atoms with Gasteiger partial charge in [0.1, 0.15) is 23.4 Å². The van der Waals surface area contributed by atoms with E-state index in [4.69, 9.17) is 9.47 Å². The summed E-state index contributed by atoms with van der Waals surface area (Å²) in [5, 5.41) is 12.1. The van der Waals surface area contributed by atoms with Crippen molar-refractivity contribution in [3.63, 3.8) is 0 Å². The normalized spacial score (nSPS) is 42.9. The highest BCUT2D eigenvalue weighted by molar-refractivity contribution is 6.03. The first-order valence-corrected chi connectivity index (χ1v) is 13.6. The van der Waals surface area contributed by atoms with Crippen molar-refractivity contribution in [2.75, 3.05) is 0 Å². The first-order chi connectivity index (χ1) is 17.4. The number of ether oxygens (including phenoxy) is 2. The molecule has 0 radical (unpaired) electrons. The van der Waals surface area contributed by atoms with Crippen LogP contribution in [0.1, 0.15) is 72.6 Å². The average molecular weight is 511 g/mol. The van der Waals surface area contributed by atoms with Crippen molar-refractivity contribution in [1.29, 1.82) is 0 Å². The maximum Gasteiger partial charge on any atom is 0.334 e. The molecule has 2 aliphatic heterocycles. The van der Waals surface area contributed by atoms with Crippen LogP contribution in [0.15, 0.2) is 35.5 Å². The Morgan fingerprint density at radius 2 is 1.84 bits per heavy atom. The van der Waals surface area contributed by atoms with Gasteiger partial charge in [-0.15, -0.1) is 0 Å². The molecule has 0 amide bonds. The molecule has 2 heterocycles. The second-order valence-corrected chi connectivity index (χ2v) is 12.2. The van der Waals surface area contributed by atoms with E-state index >= 15 is 0 Å². The second-order valence-electron chi connectivity index (χ2n) is 12.2. The molecule has 200 valence electrons. The van der Waals surface area contributed by atoms with E-state index in [-0.39, 0.29) is 71.7 Å². The zero-order valence-electron chi connectivity index (χ0n) is 22.2. The summed E-state index contributed by atoms with van der Waals surface area (Å²) < 4.78 is 11.6. The quantitative estimate of drug-likeness (QED) is 0.346. The molecule has 3 aliphatic carbocycles. The van der Waals surface area contributed by atoms with Crippen LogP contribution in [-0.4, -0.2) is 46.4 Å². The van der Waals surface area contributed by atoms with Gasteiger partial charge in [-0.25, -0.2) is 4.79 Å². The highest BCUT2D eigenvalue weighted by Crippen LogP contribution is 2.61. The van der Waals surface area contributed by atoms with Crippen molar-refractivity contribution in [3.05, 3.63) is 35.5 Å². The molecule has 2 saturated heterocycles. The van der Waals surface area contributed by atoms with E-state index in [1.165, 1.54) is 12.5 Å². The van der Waals surface area contributed by atoms with Crippen LogP contribution in [0.25, 0.3) is 0 Å². The molecule has 5 rings (SSSR count). The molecule has 0 aromatic heterocycles. The predicted molar refractivity (Wildman–Crippen MR) is 135 cm³/mol. The van der Waals surface area contributed by atoms with Crippen molar-refractivity contribution in [2.24, 2.45) is 35.0 Å². The maximum atomic E-state index is 13.8. The monoisotopic (exact) mass is 510 g/mol. The third-order valence-corrected chi connectivity index (χ3v) is 10.1. The van der Waals surface area contributed by atoms with Gasteiger partial charge in [0.05, 0.1) is 5.60 Å². The minimum atomic E-state index is -1.30. The molecule has 0 aromatic rings. The Morgan fingerprint density at radius 1 is 1.11 bits per heavy atom. The fourth-order valence-electron chi connectivity index (χ4n) is 7.95. The van der Waals surface area contributed by atoms with Crippen LogP contribution in [0, 0.1) is 35.0 Å². The molecule has 9 atom stereocenters. The topological polar surface area (TPSA) is 107 Å². The Labute approximate surface area is 218 Å². The molecular formula is C30H38O7. The van der Waals surface area contributed by atoms with Crippen LogP contribution in [0.4, 0.5) is 0 Å². The van der Waals surface area contributed by atoms with Crippen LogP contribution in [0.2, 0.25) is 0 Å². The minimum Gasteiger partial charge on any atom is -0.461 e. The molecule has 7 heteroatoms. The Kier molecular flexibility index (Phi) is 6.37. The Hall–Kier alpha value is -2.54. The Morgan fingerprint density at radius 3 is 2.51 bits per heavy atom. The number of ketones is 2. The van der Waals surface area contributed by atoms with Gasteiger partial charge in [-0.3, -0.25) is 9.59 Å². The molecule has 0 bridgehead atoms. The Bertz CT molecular complexity index is 1130. The number of carbonyl (C=O) groups is 4. The number of aliphatic hydroxyl groups is 1. The van der Waals surface area contributed by atoms with E-state index in [0.29, 0.717) is 49.7 Å². The predicted octanol–water partition coefficient (Wildman–Crippen LogP) is 4.03.